The Morgan fingerprint density at radius 1 is 1.32 bits per heavy atom. The first-order valence-electron chi connectivity index (χ1n) is 6.08. The Kier molecular flexibility index (Phi) is 3.06. The van der Waals surface area contributed by atoms with E-state index in [1.165, 1.54) is 16.2 Å². The van der Waals surface area contributed by atoms with Crippen LogP contribution in [0.3, 0.4) is 0 Å². The van der Waals surface area contributed by atoms with Gasteiger partial charge in [0.05, 0.1) is 11.3 Å². The first-order chi connectivity index (χ1) is 9.08. The summed E-state index contributed by atoms with van der Waals surface area (Å²) in [5.41, 5.74) is 0.408. The number of aromatic amines is 1. The highest BCUT2D eigenvalue weighted by molar-refractivity contribution is 7.14. The van der Waals surface area contributed by atoms with Gasteiger partial charge in [-0.25, -0.2) is 14.3 Å². The Bertz CT molecular complexity index is 736. The molecule has 1 aliphatic rings. The van der Waals surface area contributed by atoms with E-state index in [1.54, 1.807) is 6.92 Å². The highest BCUT2D eigenvalue weighted by atomic mass is 35.5. The molecular weight excluding hydrogens is 286 g/mol. The van der Waals surface area contributed by atoms with Gasteiger partial charge in [0, 0.05) is 4.88 Å². The minimum Gasteiger partial charge on any atom is -0.297 e. The van der Waals surface area contributed by atoms with Crippen LogP contribution in [0, 0.1) is 6.92 Å². The van der Waals surface area contributed by atoms with Crippen LogP contribution in [-0.4, -0.2) is 14.5 Å². The number of aryl methyl sites for hydroxylation is 2. The van der Waals surface area contributed by atoms with Crippen molar-refractivity contribution in [3.05, 3.63) is 42.1 Å². The second-order valence-corrected chi connectivity index (χ2v) is 6.02. The molecule has 19 heavy (non-hydrogen) atoms. The SMILES string of the molecule is Cc1c(Cl)[nH]c(=O)n(-c2nc3c(s2)CCCC3)c1=O. The van der Waals surface area contributed by atoms with Crippen molar-refractivity contribution in [3.8, 4) is 5.13 Å². The largest absolute Gasteiger partial charge is 0.336 e. The molecule has 2 heterocycles. The standard InChI is InChI=1S/C12H12ClN3O2S/c1-6-9(13)15-11(18)16(10(6)17)12-14-7-4-2-3-5-8(7)19-12/h2-5H2,1H3,(H,15,18). The number of nitrogens with one attached hydrogen (secondary N) is 1. The number of thiazole rings is 1. The van der Waals surface area contributed by atoms with Gasteiger partial charge in [-0.1, -0.05) is 11.6 Å². The summed E-state index contributed by atoms with van der Waals surface area (Å²) in [6.45, 7) is 1.59. The number of nitrogens with zero attached hydrogens (tertiary/aromatic N) is 2. The van der Waals surface area contributed by atoms with Crippen LogP contribution in [0.5, 0.6) is 0 Å². The Labute approximate surface area is 117 Å². The maximum atomic E-state index is 12.1. The van der Waals surface area contributed by atoms with Crippen molar-refractivity contribution in [1.82, 2.24) is 14.5 Å². The Morgan fingerprint density at radius 3 is 2.79 bits per heavy atom. The van der Waals surface area contributed by atoms with Crippen molar-refractivity contribution >= 4 is 22.9 Å². The zero-order valence-electron chi connectivity index (χ0n) is 10.3. The number of hydrogen-bond acceptors (Lipinski definition) is 4. The summed E-state index contributed by atoms with van der Waals surface area (Å²) in [6.07, 6.45) is 4.15. The Morgan fingerprint density at radius 2 is 2.05 bits per heavy atom. The lowest BCUT2D eigenvalue weighted by molar-refractivity contribution is 0.680. The second-order valence-electron chi connectivity index (χ2n) is 4.58. The summed E-state index contributed by atoms with van der Waals surface area (Å²) in [4.78, 5) is 32.1. The fourth-order valence-electron chi connectivity index (χ4n) is 2.21. The first kappa shape index (κ1) is 12.6. The molecular formula is C12H12ClN3O2S. The topological polar surface area (TPSA) is 67.8 Å². The third-order valence-corrected chi connectivity index (χ3v) is 4.82. The molecule has 0 atom stereocenters. The van der Waals surface area contributed by atoms with Crippen molar-refractivity contribution in [2.24, 2.45) is 0 Å². The second kappa shape index (κ2) is 4.61. The van der Waals surface area contributed by atoms with Crippen molar-refractivity contribution < 1.29 is 0 Å². The van der Waals surface area contributed by atoms with Crippen molar-refractivity contribution in [2.75, 3.05) is 0 Å². The van der Waals surface area contributed by atoms with Crippen LogP contribution >= 0.6 is 22.9 Å². The summed E-state index contributed by atoms with van der Waals surface area (Å²) >= 11 is 7.21. The molecule has 0 amide bonds. The summed E-state index contributed by atoms with van der Waals surface area (Å²) in [7, 11) is 0. The molecule has 100 valence electrons. The summed E-state index contributed by atoms with van der Waals surface area (Å²) in [5, 5.41) is 0.533. The quantitative estimate of drug-likeness (QED) is 0.817. The lowest BCUT2D eigenvalue weighted by Gasteiger charge is -2.06. The van der Waals surface area contributed by atoms with Gasteiger partial charge >= 0.3 is 5.69 Å². The van der Waals surface area contributed by atoms with E-state index < -0.39 is 11.2 Å². The molecule has 0 aromatic carbocycles. The zero-order valence-corrected chi connectivity index (χ0v) is 11.9. The molecule has 1 N–H and O–H groups in total. The van der Waals surface area contributed by atoms with Gasteiger partial charge in [0.1, 0.15) is 5.15 Å². The maximum absolute atomic E-state index is 12.1. The van der Waals surface area contributed by atoms with Gasteiger partial charge in [-0.15, -0.1) is 11.3 Å². The number of rotatable bonds is 1. The van der Waals surface area contributed by atoms with Gasteiger partial charge in [0.2, 0.25) is 5.13 Å². The van der Waals surface area contributed by atoms with Gasteiger partial charge in [0.25, 0.3) is 5.56 Å². The first-order valence-corrected chi connectivity index (χ1v) is 7.28. The average molecular weight is 298 g/mol. The van der Waals surface area contributed by atoms with E-state index in [1.807, 2.05) is 0 Å². The molecule has 0 saturated carbocycles. The summed E-state index contributed by atoms with van der Waals surface area (Å²) in [6, 6.07) is 0. The zero-order chi connectivity index (χ0) is 13.6. The van der Waals surface area contributed by atoms with Crippen LogP contribution in [0.25, 0.3) is 5.13 Å². The van der Waals surface area contributed by atoms with Crippen LogP contribution in [0.15, 0.2) is 9.59 Å². The van der Waals surface area contributed by atoms with Gasteiger partial charge < -0.3 is 0 Å². The van der Waals surface area contributed by atoms with Crippen molar-refractivity contribution in [2.45, 2.75) is 32.6 Å². The highest BCUT2D eigenvalue weighted by Gasteiger charge is 2.19. The molecule has 0 spiro atoms. The van der Waals surface area contributed by atoms with Crippen molar-refractivity contribution in [3.63, 3.8) is 0 Å². The molecule has 0 fully saturated rings. The van der Waals surface area contributed by atoms with E-state index in [4.69, 9.17) is 11.6 Å². The normalized spacial score (nSPS) is 14.4. The average Bonchev–Trinajstić information content (AvgIpc) is 2.79. The van der Waals surface area contributed by atoms with Crippen LogP contribution in [0.4, 0.5) is 0 Å². The third-order valence-electron chi connectivity index (χ3n) is 3.30. The number of fused-ring (bicyclic) bond motifs is 1. The maximum Gasteiger partial charge on any atom is 0.336 e. The number of hydrogen-bond donors (Lipinski definition) is 1. The molecule has 0 unspecified atom stereocenters. The molecule has 1 aliphatic carbocycles. The van der Waals surface area contributed by atoms with E-state index in [9.17, 15) is 9.59 Å². The Balaban J connectivity index is 2.23. The molecule has 2 aromatic rings. The molecule has 0 bridgehead atoms. The predicted molar refractivity (Wildman–Crippen MR) is 74.7 cm³/mol. The Hall–Kier alpha value is -1.40. The van der Waals surface area contributed by atoms with Crippen LogP contribution < -0.4 is 11.2 Å². The molecule has 3 rings (SSSR count). The molecule has 0 saturated heterocycles. The molecule has 5 nitrogen and oxygen atoms in total. The van der Waals surface area contributed by atoms with Gasteiger partial charge in [-0.05, 0) is 32.6 Å². The van der Waals surface area contributed by atoms with Crippen molar-refractivity contribution in [1.29, 1.82) is 0 Å². The van der Waals surface area contributed by atoms with E-state index >= 15 is 0 Å². The highest BCUT2D eigenvalue weighted by Crippen LogP contribution is 2.27. The van der Waals surface area contributed by atoms with E-state index in [0.717, 1.165) is 35.9 Å². The van der Waals surface area contributed by atoms with Crippen LogP contribution in [0.1, 0.15) is 29.0 Å². The number of halogens is 1. The molecule has 0 radical (unpaired) electrons. The number of H-pyrrole nitrogens is 1. The fraction of sp³-hybridized carbons (Fsp3) is 0.417. The predicted octanol–water partition coefficient (Wildman–Crippen LogP) is 1.82. The number of aromatic nitrogens is 3. The molecule has 2 aromatic heterocycles. The fourth-order valence-corrected chi connectivity index (χ4v) is 3.51. The lowest BCUT2D eigenvalue weighted by Crippen LogP contribution is -2.35. The van der Waals surface area contributed by atoms with Crippen LogP contribution in [-0.2, 0) is 12.8 Å². The molecule has 7 heteroatoms. The van der Waals surface area contributed by atoms with Gasteiger partial charge in [0.15, 0.2) is 0 Å². The lowest BCUT2D eigenvalue weighted by atomic mass is 10.0. The monoisotopic (exact) mass is 297 g/mol. The molecule has 0 aliphatic heterocycles. The summed E-state index contributed by atoms with van der Waals surface area (Å²) in [5.74, 6) is 0. The minimum absolute atomic E-state index is 0.0903. The van der Waals surface area contributed by atoms with Gasteiger partial charge in [-0.3, -0.25) is 9.78 Å². The van der Waals surface area contributed by atoms with E-state index in [0.29, 0.717) is 10.7 Å². The van der Waals surface area contributed by atoms with E-state index in [-0.39, 0.29) is 5.15 Å². The van der Waals surface area contributed by atoms with Crippen LogP contribution in [0.2, 0.25) is 5.15 Å². The smallest absolute Gasteiger partial charge is 0.297 e. The van der Waals surface area contributed by atoms with E-state index in [2.05, 4.69) is 9.97 Å². The summed E-state index contributed by atoms with van der Waals surface area (Å²) < 4.78 is 1.07. The third kappa shape index (κ3) is 2.04. The minimum atomic E-state index is -0.535. The van der Waals surface area contributed by atoms with Gasteiger partial charge in [-0.2, -0.15) is 0 Å².